The molecule has 0 fully saturated rings. The van der Waals surface area contributed by atoms with Crippen molar-refractivity contribution in [1.29, 1.82) is 0 Å². The summed E-state index contributed by atoms with van der Waals surface area (Å²) in [6, 6.07) is 57.7. The van der Waals surface area contributed by atoms with Crippen LogP contribution in [0.3, 0.4) is 0 Å². The van der Waals surface area contributed by atoms with Crippen LogP contribution in [0.2, 0.25) is 0 Å². The van der Waals surface area contributed by atoms with Crippen molar-refractivity contribution in [3.8, 4) is 33.4 Å². The van der Waals surface area contributed by atoms with E-state index in [1.807, 2.05) is 18.5 Å². The largest absolute Gasteiger partial charge is 0.310 e. The highest BCUT2D eigenvalue weighted by molar-refractivity contribution is 6.01. The smallest absolute Gasteiger partial charge is 0.0540 e. The highest BCUT2D eigenvalue weighted by Gasteiger charge is 2.36. The van der Waals surface area contributed by atoms with Gasteiger partial charge in [-0.25, -0.2) is 0 Å². The molecule has 1 aliphatic carbocycles. The molecule has 0 spiro atoms. The minimum atomic E-state index is -0.0969. The molecule has 0 bridgehead atoms. The third-order valence-corrected chi connectivity index (χ3v) is 10.1. The number of aromatic nitrogens is 1. The Morgan fingerprint density at radius 1 is 0.458 bits per heavy atom. The number of pyridine rings is 1. The van der Waals surface area contributed by atoms with Gasteiger partial charge in [-0.2, -0.15) is 0 Å². The van der Waals surface area contributed by atoms with Crippen molar-refractivity contribution >= 4 is 38.6 Å². The van der Waals surface area contributed by atoms with E-state index in [-0.39, 0.29) is 5.41 Å². The predicted octanol–water partition coefficient (Wildman–Crippen LogP) is 12.5. The molecule has 9 rings (SSSR count). The van der Waals surface area contributed by atoms with Gasteiger partial charge in [-0.1, -0.05) is 123 Å². The molecule has 1 aromatic heterocycles. The van der Waals surface area contributed by atoms with Crippen LogP contribution in [0, 0.1) is 0 Å². The van der Waals surface area contributed by atoms with Gasteiger partial charge in [0, 0.05) is 40.1 Å². The average molecular weight is 615 g/mol. The zero-order valence-electron chi connectivity index (χ0n) is 27.1. The Morgan fingerprint density at radius 3 is 1.96 bits per heavy atom. The lowest BCUT2D eigenvalue weighted by Gasteiger charge is -2.28. The quantitative estimate of drug-likeness (QED) is 0.192. The van der Waals surface area contributed by atoms with E-state index in [2.05, 4.69) is 175 Å². The summed E-state index contributed by atoms with van der Waals surface area (Å²) >= 11 is 0. The second-order valence-corrected chi connectivity index (χ2v) is 13.3. The van der Waals surface area contributed by atoms with Gasteiger partial charge in [0.15, 0.2) is 0 Å². The molecule has 0 radical (unpaired) electrons. The van der Waals surface area contributed by atoms with Crippen LogP contribution in [-0.2, 0) is 5.41 Å². The molecule has 0 N–H and O–H groups in total. The molecule has 48 heavy (non-hydrogen) atoms. The monoisotopic (exact) mass is 614 g/mol. The molecule has 2 heteroatoms. The number of fused-ring (bicyclic) bond motifs is 5. The molecule has 0 unspecified atom stereocenters. The van der Waals surface area contributed by atoms with Crippen LogP contribution in [-0.4, -0.2) is 4.98 Å². The van der Waals surface area contributed by atoms with Gasteiger partial charge in [0.05, 0.1) is 5.69 Å². The minimum Gasteiger partial charge on any atom is -0.310 e. The summed E-state index contributed by atoms with van der Waals surface area (Å²) in [6.07, 6.45) is 3.78. The van der Waals surface area contributed by atoms with Crippen molar-refractivity contribution in [1.82, 2.24) is 4.98 Å². The second-order valence-electron chi connectivity index (χ2n) is 13.3. The first-order chi connectivity index (χ1) is 23.5. The molecule has 228 valence electrons. The van der Waals surface area contributed by atoms with Crippen molar-refractivity contribution < 1.29 is 0 Å². The third-order valence-electron chi connectivity index (χ3n) is 10.1. The molecule has 0 amide bonds. The van der Waals surface area contributed by atoms with Gasteiger partial charge in [-0.05, 0) is 104 Å². The third kappa shape index (κ3) is 4.60. The molecule has 0 saturated heterocycles. The van der Waals surface area contributed by atoms with Crippen LogP contribution >= 0.6 is 0 Å². The van der Waals surface area contributed by atoms with Crippen molar-refractivity contribution in [3.05, 3.63) is 181 Å². The highest BCUT2D eigenvalue weighted by atomic mass is 15.1. The molecule has 1 heterocycles. The lowest BCUT2D eigenvalue weighted by Crippen LogP contribution is -2.15. The van der Waals surface area contributed by atoms with Gasteiger partial charge in [-0.15, -0.1) is 0 Å². The summed E-state index contributed by atoms with van der Waals surface area (Å²) in [5.74, 6) is 0. The molecule has 7 aromatic carbocycles. The van der Waals surface area contributed by atoms with E-state index in [4.69, 9.17) is 0 Å². The van der Waals surface area contributed by atoms with E-state index in [0.717, 1.165) is 22.6 Å². The Labute approximate surface area is 281 Å². The SMILES string of the molecule is CC1(C)c2ccc(-c3cccnc3)cc2-c2cc(N(c3ccc4cc(-c5ccccc5)ccc4c3)c3cccc4ccccc34)ccc21. The average Bonchev–Trinajstić information content (AvgIpc) is 3.37. The first kappa shape index (κ1) is 28.3. The van der Waals surface area contributed by atoms with E-state index >= 15 is 0 Å². The topological polar surface area (TPSA) is 16.1 Å². The standard InChI is InChI=1S/C46H34N2/c1-46(2)43-23-20-36(37-14-9-25-47-30-37)28-41(43)42-29-39(22-24-44(42)46)48(45-16-8-13-32-12-6-7-15-40(32)45)38-21-19-34-26-33(17-18-35(34)27-38)31-10-4-3-5-11-31/h3-30H,1-2H3. The lowest BCUT2D eigenvalue weighted by molar-refractivity contribution is 0.660. The van der Waals surface area contributed by atoms with Crippen molar-refractivity contribution in [2.75, 3.05) is 4.90 Å². The number of rotatable bonds is 5. The summed E-state index contributed by atoms with van der Waals surface area (Å²) in [4.78, 5) is 6.83. The first-order valence-electron chi connectivity index (χ1n) is 16.6. The van der Waals surface area contributed by atoms with Crippen LogP contribution in [0.1, 0.15) is 25.0 Å². The zero-order chi connectivity index (χ0) is 32.2. The number of hydrogen-bond donors (Lipinski definition) is 0. The Bertz CT molecular complexity index is 2470. The van der Waals surface area contributed by atoms with Gasteiger partial charge in [0.1, 0.15) is 0 Å². The number of nitrogens with zero attached hydrogens (tertiary/aromatic N) is 2. The maximum absolute atomic E-state index is 4.39. The maximum atomic E-state index is 4.39. The fourth-order valence-corrected chi connectivity index (χ4v) is 7.62. The maximum Gasteiger partial charge on any atom is 0.0540 e. The van der Waals surface area contributed by atoms with Crippen LogP contribution in [0.15, 0.2) is 170 Å². The predicted molar refractivity (Wildman–Crippen MR) is 202 cm³/mol. The van der Waals surface area contributed by atoms with E-state index in [0.29, 0.717) is 0 Å². The Hall–Kier alpha value is -5.99. The summed E-state index contributed by atoms with van der Waals surface area (Å²) < 4.78 is 0. The molecule has 1 aliphatic rings. The fraction of sp³-hybridized carbons (Fsp3) is 0.0652. The molecule has 0 aliphatic heterocycles. The summed E-state index contributed by atoms with van der Waals surface area (Å²) in [5.41, 5.74) is 13.4. The van der Waals surface area contributed by atoms with Crippen molar-refractivity contribution in [2.45, 2.75) is 19.3 Å². The van der Waals surface area contributed by atoms with Gasteiger partial charge in [0.2, 0.25) is 0 Å². The molecule has 2 nitrogen and oxygen atoms in total. The Balaban J connectivity index is 1.23. The lowest BCUT2D eigenvalue weighted by atomic mass is 9.82. The van der Waals surface area contributed by atoms with Crippen molar-refractivity contribution in [3.63, 3.8) is 0 Å². The van der Waals surface area contributed by atoms with Crippen LogP contribution < -0.4 is 4.90 Å². The van der Waals surface area contributed by atoms with Crippen LogP contribution in [0.5, 0.6) is 0 Å². The van der Waals surface area contributed by atoms with Gasteiger partial charge in [-0.3, -0.25) is 4.98 Å². The van der Waals surface area contributed by atoms with Gasteiger partial charge in [0.25, 0.3) is 0 Å². The van der Waals surface area contributed by atoms with E-state index in [1.54, 1.807) is 0 Å². The zero-order valence-corrected chi connectivity index (χ0v) is 27.1. The van der Waals surface area contributed by atoms with Gasteiger partial charge < -0.3 is 4.90 Å². The fourth-order valence-electron chi connectivity index (χ4n) is 7.62. The molecule has 0 saturated carbocycles. The summed E-state index contributed by atoms with van der Waals surface area (Å²) in [7, 11) is 0. The van der Waals surface area contributed by atoms with Crippen LogP contribution in [0.4, 0.5) is 17.1 Å². The highest BCUT2D eigenvalue weighted by Crippen LogP contribution is 2.52. The summed E-state index contributed by atoms with van der Waals surface area (Å²) in [5, 5.41) is 4.89. The minimum absolute atomic E-state index is 0.0969. The van der Waals surface area contributed by atoms with Crippen LogP contribution in [0.25, 0.3) is 54.9 Å². The van der Waals surface area contributed by atoms with E-state index < -0.39 is 0 Å². The van der Waals surface area contributed by atoms with E-state index in [9.17, 15) is 0 Å². The first-order valence-corrected chi connectivity index (χ1v) is 16.6. The number of hydrogen-bond acceptors (Lipinski definition) is 2. The Morgan fingerprint density at radius 2 is 1.10 bits per heavy atom. The second kappa shape index (κ2) is 11.1. The van der Waals surface area contributed by atoms with Gasteiger partial charge >= 0.3 is 0 Å². The number of anilines is 3. The normalized spacial score (nSPS) is 13.0. The molecule has 8 aromatic rings. The molecular formula is C46H34N2. The van der Waals surface area contributed by atoms with E-state index in [1.165, 1.54) is 60.5 Å². The van der Waals surface area contributed by atoms with Crippen molar-refractivity contribution in [2.24, 2.45) is 0 Å². The number of benzene rings is 7. The molecule has 0 atom stereocenters. The molecular weight excluding hydrogens is 581 g/mol. The Kier molecular flexibility index (Phi) is 6.51. The summed E-state index contributed by atoms with van der Waals surface area (Å²) in [6.45, 7) is 4.69.